The third-order valence-electron chi connectivity index (χ3n) is 1.63. The fourth-order valence-corrected chi connectivity index (χ4v) is 0.843. The summed E-state index contributed by atoms with van der Waals surface area (Å²) >= 11 is 0. The van der Waals surface area contributed by atoms with Crippen LogP contribution in [0.1, 0.15) is 0 Å². The van der Waals surface area contributed by atoms with Gasteiger partial charge in [-0.25, -0.2) is 8.78 Å². The second-order valence-corrected chi connectivity index (χ2v) is 2.83. The van der Waals surface area contributed by atoms with Gasteiger partial charge in [-0.2, -0.15) is 0 Å². The number of hydrogen-bond donors (Lipinski definition) is 2. The van der Waals surface area contributed by atoms with E-state index in [0.717, 1.165) is 12.1 Å². The molecule has 1 atom stereocenters. The minimum atomic E-state index is -1.25. The molecule has 3 N–H and O–H groups in total. The second kappa shape index (κ2) is 4.70. The van der Waals surface area contributed by atoms with Crippen LogP contribution in [0.25, 0.3) is 0 Å². The highest BCUT2D eigenvalue weighted by Crippen LogP contribution is 2.17. The Kier molecular flexibility index (Phi) is 3.56. The first-order valence-electron chi connectivity index (χ1n) is 4.07. The third kappa shape index (κ3) is 3.17. The maximum atomic E-state index is 12.9. The fraction of sp³-hybridized carbons (Fsp3) is 0.222. The number of carboxylic acids is 1. The van der Waals surface area contributed by atoms with E-state index in [-0.39, 0.29) is 12.4 Å². The average molecular weight is 217 g/mol. The largest absolute Gasteiger partial charge is 0.488 e. The quantitative estimate of drug-likeness (QED) is 0.780. The minimum absolute atomic E-state index is 0.229. The van der Waals surface area contributed by atoms with Crippen LogP contribution in [-0.2, 0) is 4.79 Å². The molecule has 0 aliphatic heterocycles. The third-order valence-corrected chi connectivity index (χ3v) is 1.63. The van der Waals surface area contributed by atoms with Gasteiger partial charge in [-0.15, -0.1) is 0 Å². The van der Waals surface area contributed by atoms with Crippen molar-refractivity contribution >= 4 is 5.97 Å². The van der Waals surface area contributed by atoms with Crippen LogP contribution >= 0.6 is 0 Å². The van der Waals surface area contributed by atoms with Crippen molar-refractivity contribution in [2.75, 3.05) is 6.61 Å². The normalized spacial score (nSPS) is 12.2. The summed E-state index contributed by atoms with van der Waals surface area (Å²) < 4.78 is 30.2. The Hall–Kier alpha value is -1.69. The molecule has 0 saturated heterocycles. The molecule has 82 valence electrons. The molecule has 0 saturated carbocycles. The van der Waals surface area contributed by atoms with E-state index in [9.17, 15) is 13.6 Å². The van der Waals surface area contributed by atoms with Gasteiger partial charge in [0.05, 0.1) is 0 Å². The van der Waals surface area contributed by atoms with E-state index in [2.05, 4.69) is 0 Å². The van der Waals surface area contributed by atoms with Crippen LogP contribution in [0.5, 0.6) is 5.75 Å². The lowest BCUT2D eigenvalue weighted by Gasteiger charge is -2.09. The molecule has 1 rings (SSSR count). The van der Waals surface area contributed by atoms with Gasteiger partial charge in [0.2, 0.25) is 0 Å². The highest BCUT2D eigenvalue weighted by Gasteiger charge is 2.13. The highest BCUT2D eigenvalue weighted by atomic mass is 19.1. The predicted octanol–water partition coefficient (Wildman–Crippen LogP) is 0.756. The van der Waals surface area contributed by atoms with Crippen molar-refractivity contribution < 1.29 is 23.4 Å². The first-order valence-corrected chi connectivity index (χ1v) is 4.07. The summed E-state index contributed by atoms with van der Waals surface area (Å²) in [6.45, 7) is -0.377. The number of benzene rings is 1. The van der Waals surface area contributed by atoms with Crippen LogP contribution in [0.4, 0.5) is 8.78 Å². The Bertz CT molecular complexity index is 370. The van der Waals surface area contributed by atoms with E-state index in [0.29, 0.717) is 6.07 Å². The maximum absolute atomic E-state index is 12.9. The number of aliphatic carboxylic acids is 1. The van der Waals surface area contributed by atoms with Gasteiger partial charge in [0.1, 0.15) is 18.5 Å². The molecule has 4 nitrogen and oxygen atoms in total. The number of nitrogens with two attached hydrogens (primary N) is 1. The van der Waals surface area contributed by atoms with Gasteiger partial charge in [-0.05, 0) is 12.1 Å². The lowest BCUT2D eigenvalue weighted by Crippen LogP contribution is -2.36. The zero-order valence-electron chi connectivity index (χ0n) is 7.61. The molecule has 0 aliphatic carbocycles. The molecule has 0 amide bonds. The molecule has 15 heavy (non-hydrogen) atoms. The molecule has 0 heterocycles. The van der Waals surface area contributed by atoms with Crippen molar-refractivity contribution in [1.82, 2.24) is 0 Å². The Morgan fingerprint density at radius 1 is 1.53 bits per heavy atom. The topological polar surface area (TPSA) is 72.5 Å². The van der Waals surface area contributed by atoms with Crippen molar-refractivity contribution in [3.63, 3.8) is 0 Å². The van der Waals surface area contributed by atoms with Crippen molar-refractivity contribution in [3.8, 4) is 5.75 Å². The summed E-state index contributed by atoms with van der Waals surface area (Å²) in [6.07, 6.45) is 0. The van der Waals surface area contributed by atoms with Gasteiger partial charge < -0.3 is 15.6 Å². The van der Waals surface area contributed by atoms with Gasteiger partial charge in [0, 0.05) is 6.07 Å². The molecular weight excluding hydrogens is 208 g/mol. The molecule has 0 radical (unpaired) electrons. The van der Waals surface area contributed by atoms with Gasteiger partial charge in [0.15, 0.2) is 11.6 Å². The van der Waals surface area contributed by atoms with Crippen molar-refractivity contribution in [3.05, 3.63) is 29.8 Å². The van der Waals surface area contributed by atoms with Crippen LogP contribution < -0.4 is 10.5 Å². The Balaban J connectivity index is 2.62. The summed E-state index contributed by atoms with van der Waals surface area (Å²) in [7, 11) is 0. The zero-order chi connectivity index (χ0) is 11.4. The summed E-state index contributed by atoms with van der Waals surface area (Å²) in [4.78, 5) is 10.3. The monoisotopic (exact) mass is 217 g/mol. The smallest absolute Gasteiger partial charge is 0.324 e. The zero-order valence-corrected chi connectivity index (χ0v) is 7.61. The Morgan fingerprint density at radius 3 is 2.73 bits per heavy atom. The minimum Gasteiger partial charge on any atom is -0.488 e. The molecule has 0 fully saturated rings. The van der Waals surface area contributed by atoms with E-state index in [4.69, 9.17) is 15.6 Å². The first-order chi connectivity index (χ1) is 7.00. The molecular formula is C9H9F2NO3. The Morgan fingerprint density at radius 2 is 2.20 bits per heavy atom. The lowest BCUT2D eigenvalue weighted by molar-refractivity contribution is -0.139. The van der Waals surface area contributed by atoms with E-state index >= 15 is 0 Å². The van der Waals surface area contributed by atoms with Crippen molar-refractivity contribution in [2.24, 2.45) is 5.73 Å². The van der Waals surface area contributed by atoms with E-state index in [1.165, 1.54) is 0 Å². The van der Waals surface area contributed by atoms with Crippen LogP contribution in [0.15, 0.2) is 18.2 Å². The van der Waals surface area contributed by atoms with Crippen molar-refractivity contribution in [1.29, 1.82) is 0 Å². The predicted molar refractivity (Wildman–Crippen MR) is 47.5 cm³/mol. The standard InChI is InChI=1S/C9H9F2NO3/c10-5-1-2-8(6(11)3-5)15-4-7(12)9(13)14/h1-3,7H,4,12H2,(H,13,14)/t7-/m0/s1. The van der Waals surface area contributed by atoms with Crippen LogP contribution in [0.2, 0.25) is 0 Å². The number of rotatable bonds is 4. The molecule has 0 bridgehead atoms. The van der Waals surface area contributed by atoms with Crippen molar-refractivity contribution in [2.45, 2.75) is 6.04 Å². The van der Waals surface area contributed by atoms with Crippen LogP contribution in [0.3, 0.4) is 0 Å². The number of hydrogen-bond acceptors (Lipinski definition) is 3. The Labute approximate surface area is 84.3 Å². The van der Waals surface area contributed by atoms with Gasteiger partial charge in [0.25, 0.3) is 0 Å². The summed E-state index contributed by atoms with van der Waals surface area (Å²) in [5.41, 5.74) is 5.12. The number of ether oxygens (including phenoxy) is 1. The number of carboxylic acid groups (broad SMARTS) is 1. The average Bonchev–Trinajstić information content (AvgIpc) is 2.15. The second-order valence-electron chi connectivity index (χ2n) is 2.83. The molecule has 1 aromatic rings. The molecule has 6 heteroatoms. The van der Waals surface area contributed by atoms with Crippen LogP contribution in [-0.4, -0.2) is 23.7 Å². The number of halogens is 2. The summed E-state index contributed by atoms with van der Waals surface area (Å²) in [5, 5.41) is 8.41. The first kappa shape index (κ1) is 11.4. The molecule has 1 aromatic carbocycles. The summed E-state index contributed by atoms with van der Waals surface area (Å²) in [5.74, 6) is -3.11. The fourth-order valence-electron chi connectivity index (χ4n) is 0.843. The van der Waals surface area contributed by atoms with Gasteiger partial charge >= 0.3 is 5.97 Å². The number of carbonyl (C=O) groups is 1. The SMILES string of the molecule is N[C@@H](COc1ccc(F)cc1F)C(=O)O. The van der Waals surface area contributed by atoms with E-state index in [1.807, 2.05) is 0 Å². The maximum Gasteiger partial charge on any atom is 0.324 e. The molecule has 0 spiro atoms. The van der Waals surface area contributed by atoms with Crippen LogP contribution in [0, 0.1) is 11.6 Å². The molecule has 0 aliphatic rings. The van der Waals surface area contributed by atoms with E-state index in [1.54, 1.807) is 0 Å². The summed E-state index contributed by atoms with van der Waals surface area (Å²) in [6, 6.07) is 1.47. The van der Waals surface area contributed by atoms with Gasteiger partial charge in [-0.1, -0.05) is 0 Å². The van der Waals surface area contributed by atoms with E-state index < -0.39 is 23.6 Å². The lowest BCUT2D eigenvalue weighted by atomic mass is 10.3. The molecule has 0 aromatic heterocycles. The molecule has 0 unspecified atom stereocenters. The highest BCUT2D eigenvalue weighted by molar-refractivity contribution is 5.73. The van der Waals surface area contributed by atoms with Gasteiger partial charge in [-0.3, -0.25) is 4.79 Å².